The number of esters is 1. The fourth-order valence-corrected chi connectivity index (χ4v) is 2.85. The lowest BCUT2D eigenvalue weighted by Gasteiger charge is -2.18. The van der Waals surface area contributed by atoms with Gasteiger partial charge in [0.2, 0.25) is 0 Å². The highest BCUT2D eigenvalue weighted by Gasteiger charge is 2.18. The highest BCUT2D eigenvalue weighted by atomic mass is 35.5. The molecule has 0 spiro atoms. The molecule has 2 N–H and O–H groups in total. The molecule has 2 rings (SSSR count). The number of nitrogens with one attached hydrogen (secondary N) is 2. The van der Waals surface area contributed by atoms with Gasteiger partial charge in [-0.15, -0.1) is 0 Å². The molecule has 0 amide bonds. The van der Waals surface area contributed by atoms with Gasteiger partial charge in [0, 0.05) is 10.7 Å². The molecule has 8 heteroatoms. The molecule has 150 valence electrons. The first-order chi connectivity index (χ1) is 13.4. The number of methoxy groups -OCH3 is 1. The molecule has 2 aromatic rings. The summed E-state index contributed by atoms with van der Waals surface area (Å²) in [6.45, 7) is 6.46. The van der Waals surface area contributed by atoms with Crippen LogP contribution >= 0.6 is 23.8 Å². The average Bonchev–Trinajstić information content (AvgIpc) is 2.66. The number of hydrogen-bond acceptors (Lipinski definition) is 5. The van der Waals surface area contributed by atoms with E-state index < -0.39 is 5.97 Å². The van der Waals surface area contributed by atoms with Gasteiger partial charge in [0.15, 0.2) is 16.6 Å². The quantitative estimate of drug-likeness (QED) is 0.478. The van der Waals surface area contributed by atoms with Crippen molar-refractivity contribution in [3.05, 3.63) is 46.5 Å². The van der Waals surface area contributed by atoms with E-state index in [0.717, 1.165) is 11.3 Å². The zero-order valence-electron chi connectivity index (χ0n) is 16.2. The molecule has 0 bridgehead atoms. The summed E-state index contributed by atoms with van der Waals surface area (Å²) >= 11 is 11.6. The Hall–Kier alpha value is -2.51. The number of rotatable bonds is 7. The lowest BCUT2D eigenvalue weighted by molar-refractivity contribution is 0.0600. The van der Waals surface area contributed by atoms with Gasteiger partial charge in [-0.3, -0.25) is 0 Å². The Morgan fingerprint density at radius 3 is 2.43 bits per heavy atom. The Kier molecular flexibility index (Phi) is 7.90. The molecule has 0 atom stereocenters. The van der Waals surface area contributed by atoms with E-state index in [1.807, 2.05) is 32.9 Å². The van der Waals surface area contributed by atoms with Crippen LogP contribution in [0.25, 0.3) is 0 Å². The first kappa shape index (κ1) is 21.8. The fraction of sp³-hybridized carbons (Fsp3) is 0.300. The summed E-state index contributed by atoms with van der Waals surface area (Å²) < 4.78 is 16.2. The maximum absolute atomic E-state index is 12.0. The van der Waals surface area contributed by atoms with Gasteiger partial charge in [-0.2, -0.15) is 0 Å². The van der Waals surface area contributed by atoms with Crippen LogP contribution in [0.15, 0.2) is 30.3 Å². The van der Waals surface area contributed by atoms with E-state index in [1.54, 1.807) is 18.2 Å². The number of ether oxygens (including phenoxy) is 3. The molecule has 0 aliphatic carbocycles. The van der Waals surface area contributed by atoms with Crippen molar-refractivity contribution in [2.75, 3.05) is 31.0 Å². The number of aryl methyl sites for hydroxylation is 1. The molecule has 28 heavy (non-hydrogen) atoms. The van der Waals surface area contributed by atoms with Crippen molar-refractivity contribution in [2.45, 2.75) is 20.8 Å². The Bertz CT molecular complexity index is 874. The van der Waals surface area contributed by atoms with E-state index in [9.17, 15) is 4.79 Å². The zero-order chi connectivity index (χ0) is 20.7. The molecular formula is C20H23ClN2O4S. The summed E-state index contributed by atoms with van der Waals surface area (Å²) in [5.41, 5.74) is 2.51. The Labute approximate surface area is 175 Å². The van der Waals surface area contributed by atoms with Crippen molar-refractivity contribution in [1.82, 2.24) is 0 Å². The second-order valence-electron chi connectivity index (χ2n) is 5.75. The topological polar surface area (TPSA) is 68.8 Å². The molecule has 0 unspecified atom stereocenters. The highest BCUT2D eigenvalue weighted by molar-refractivity contribution is 7.80. The van der Waals surface area contributed by atoms with Crippen LogP contribution in [-0.2, 0) is 4.74 Å². The van der Waals surface area contributed by atoms with Crippen molar-refractivity contribution in [1.29, 1.82) is 0 Å². The van der Waals surface area contributed by atoms with Crippen LogP contribution in [0.3, 0.4) is 0 Å². The predicted octanol–water partition coefficient (Wildman–Crippen LogP) is 5.04. The summed E-state index contributed by atoms with van der Waals surface area (Å²) in [5.74, 6) is 0.398. The summed E-state index contributed by atoms with van der Waals surface area (Å²) in [7, 11) is 1.32. The van der Waals surface area contributed by atoms with Crippen molar-refractivity contribution >= 4 is 46.3 Å². The third kappa shape index (κ3) is 5.50. The van der Waals surface area contributed by atoms with Crippen LogP contribution in [0.2, 0.25) is 5.02 Å². The maximum Gasteiger partial charge on any atom is 0.338 e. The number of carbonyl (C=O) groups is 1. The Balaban J connectivity index is 2.34. The third-order valence-corrected chi connectivity index (χ3v) is 4.35. The molecule has 0 heterocycles. The second-order valence-corrected chi connectivity index (χ2v) is 6.57. The van der Waals surface area contributed by atoms with Gasteiger partial charge in [0.25, 0.3) is 0 Å². The van der Waals surface area contributed by atoms with Gasteiger partial charge >= 0.3 is 5.97 Å². The van der Waals surface area contributed by atoms with E-state index >= 15 is 0 Å². The maximum atomic E-state index is 12.0. The third-order valence-electron chi connectivity index (χ3n) is 3.74. The molecule has 0 saturated heterocycles. The van der Waals surface area contributed by atoms with Gasteiger partial charge in [0.05, 0.1) is 31.6 Å². The Morgan fingerprint density at radius 2 is 1.82 bits per heavy atom. The van der Waals surface area contributed by atoms with E-state index in [4.69, 9.17) is 38.0 Å². The van der Waals surface area contributed by atoms with Crippen molar-refractivity contribution in [3.8, 4) is 11.5 Å². The summed E-state index contributed by atoms with van der Waals surface area (Å²) in [6, 6.07) is 8.74. The molecule has 0 aliphatic rings. The van der Waals surface area contributed by atoms with Crippen molar-refractivity contribution in [3.63, 3.8) is 0 Å². The van der Waals surface area contributed by atoms with E-state index in [1.165, 1.54) is 7.11 Å². The number of hydrogen-bond donors (Lipinski definition) is 2. The van der Waals surface area contributed by atoms with E-state index in [2.05, 4.69) is 10.6 Å². The molecule has 0 aliphatic heterocycles. The van der Waals surface area contributed by atoms with Crippen LogP contribution in [0.5, 0.6) is 11.5 Å². The number of benzene rings is 2. The standard InChI is InChI=1S/C20H23ClN2O4S/c1-5-26-17-10-13(19(24)25-4)9-16(18(17)27-6-2)23-20(28)22-14-8-7-12(3)15(21)11-14/h7-11H,5-6H2,1-4H3,(H2,22,23,28). The Morgan fingerprint density at radius 1 is 1.11 bits per heavy atom. The van der Waals surface area contributed by atoms with Gasteiger partial charge in [-0.25, -0.2) is 4.79 Å². The van der Waals surface area contributed by atoms with Crippen LogP contribution in [0, 0.1) is 6.92 Å². The first-order valence-corrected chi connectivity index (χ1v) is 9.54. The van der Waals surface area contributed by atoms with Gasteiger partial charge in [0.1, 0.15) is 0 Å². The summed E-state index contributed by atoms with van der Waals surface area (Å²) in [6.07, 6.45) is 0. The largest absolute Gasteiger partial charge is 0.490 e. The van der Waals surface area contributed by atoms with Crippen LogP contribution in [-0.4, -0.2) is 31.4 Å². The summed E-state index contributed by atoms with van der Waals surface area (Å²) in [5, 5.41) is 7.07. The van der Waals surface area contributed by atoms with E-state index in [0.29, 0.717) is 46.1 Å². The smallest absolute Gasteiger partial charge is 0.338 e. The molecular weight excluding hydrogens is 400 g/mol. The van der Waals surface area contributed by atoms with Crippen LogP contribution in [0.1, 0.15) is 29.8 Å². The second kappa shape index (κ2) is 10.1. The van der Waals surface area contributed by atoms with Crippen LogP contribution in [0.4, 0.5) is 11.4 Å². The number of halogens is 1. The molecule has 0 fully saturated rings. The van der Waals surface area contributed by atoms with Crippen molar-refractivity contribution < 1.29 is 19.0 Å². The lowest BCUT2D eigenvalue weighted by atomic mass is 10.1. The molecule has 0 saturated carbocycles. The van der Waals surface area contributed by atoms with E-state index in [-0.39, 0.29) is 0 Å². The minimum atomic E-state index is -0.490. The van der Waals surface area contributed by atoms with Gasteiger partial charge < -0.3 is 24.8 Å². The first-order valence-electron chi connectivity index (χ1n) is 8.75. The molecule has 6 nitrogen and oxygen atoms in total. The minimum Gasteiger partial charge on any atom is -0.490 e. The lowest BCUT2D eigenvalue weighted by Crippen LogP contribution is -2.20. The monoisotopic (exact) mass is 422 g/mol. The average molecular weight is 423 g/mol. The minimum absolute atomic E-state index is 0.310. The highest BCUT2D eigenvalue weighted by Crippen LogP contribution is 2.37. The number of carbonyl (C=O) groups excluding carboxylic acids is 1. The van der Waals surface area contributed by atoms with Crippen LogP contribution < -0.4 is 20.1 Å². The number of thiocarbonyl (C=S) groups is 1. The normalized spacial score (nSPS) is 10.2. The zero-order valence-corrected chi connectivity index (χ0v) is 17.8. The van der Waals surface area contributed by atoms with Crippen molar-refractivity contribution in [2.24, 2.45) is 0 Å². The molecule has 0 aromatic heterocycles. The van der Waals surface area contributed by atoms with Gasteiger partial charge in [-0.1, -0.05) is 17.7 Å². The summed E-state index contributed by atoms with van der Waals surface area (Å²) in [4.78, 5) is 12.0. The number of anilines is 2. The molecule has 2 aromatic carbocycles. The SMILES string of the molecule is CCOc1cc(C(=O)OC)cc(NC(=S)Nc2ccc(C)c(Cl)c2)c1OCC. The molecule has 0 radical (unpaired) electrons. The fourth-order valence-electron chi connectivity index (χ4n) is 2.44. The predicted molar refractivity (Wildman–Crippen MR) is 116 cm³/mol. The van der Waals surface area contributed by atoms with Gasteiger partial charge in [-0.05, 0) is 62.8 Å².